The molecule has 1 unspecified atom stereocenters. The number of benzene rings is 2. The lowest BCUT2D eigenvalue weighted by Crippen LogP contribution is -2.51. The van der Waals surface area contributed by atoms with Gasteiger partial charge in [0.2, 0.25) is 5.91 Å². The van der Waals surface area contributed by atoms with E-state index in [1.54, 1.807) is 17.5 Å². The molecule has 0 fully saturated rings. The fourth-order valence-corrected chi connectivity index (χ4v) is 4.78. The third-order valence-electron chi connectivity index (χ3n) is 6.08. The van der Waals surface area contributed by atoms with Gasteiger partial charge in [-0.3, -0.25) is 28.8 Å². The van der Waals surface area contributed by atoms with Crippen molar-refractivity contribution in [1.82, 2.24) is 14.9 Å². The molecule has 0 spiro atoms. The van der Waals surface area contributed by atoms with E-state index in [1.165, 1.54) is 23.3 Å². The summed E-state index contributed by atoms with van der Waals surface area (Å²) < 4.78 is 6.23. The summed E-state index contributed by atoms with van der Waals surface area (Å²) in [5.74, 6) is -1.14. The number of nitrogens with zero attached hydrogens (tertiary/aromatic N) is 2. The Hall–Kier alpha value is -4.48. The number of hydrogen-bond donors (Lipinski definition) is 3. The number of thiophene rings is 1. The molecule has 2 amide bonds. The lowest BCUT2D eigenvalue weighted by atomic mass is 10.0. The molecule has 2 heterocycles. The van der Waals surface area contributed by atoms with Crippen LogP contribution in [0.15, 0.2) is 87.8 Å². The molecule has 4 N–H and O–H groups in total. The van der Waals surface area contributed by atoms with Crippen LogP contribution in [0.5, 0.6) is 0 Å². The van der Waals surface area contributed by atoms with Gasteiger partial charge >= 0.3 is 5.69 Å². The number of aromatic amines is 1. The predicted molar refractivity (Wildman–Crippen MR) is 151 cm³/mol. The molecule has 0 saturated heterocycles. The quantitative estimate of drug-likeness (QED) is 0.264. The lowest BCUT2D eigenvalue weighted by molar-refractivity contribution is -0.120. The number of amides is 2. The van der Waals surface area contributed by atoms with Crippen molar-refractivity contribution in [2.45, 2.75) is 25.6 Å². The molecule has 202 valence electrons. The first-order valence-electron chi connectivity index (χ1n) is 12.2. The van der Waals surface area contributed by atoms with E-state index in [4.69, 9.17) is 10.5 Å². The number of nitrogens with one attached hydrogen (secondary N) is 2. The first-order chi connectivity index (χ1) is 18.9. The molecule has 39 heavy (non-hydrogen) atoms. The summed E-state index contributed by atoms with van der Waals surface area (Å²) in [7, 11) is 1.48. The maximum atomic E-state index is 14.3. The van der Waals surface area contributed by atoms with Crippen molar-refractivity contribution in [3.8, 4) is 0 Å². The third-order valence-corrected chi connectivity index (χ3v) is 6.95. The number of ether oxygens (including phenoxy) is 1. The van der Waals surface area contributed by atoms with Gasteiger partial charge in [-0.1, -0.05) is 66.7 Å². The van der Waals surface area contributed by atoms with Gasteiger partial charge in [0.25, 0.3) is 11.5 Å². The van der Waals surface area contributed by atoms with Crippen LogP contribution in [0.2, 0.25) is 0 Å². The van der Waals surface area contributed by atoms with Crippen molar-refractivity contribution in [1.29, 1.82) is 0 Å². The van der Waals surface area contributed by atoms with Gasteiger partial charge in [-0.15, -0.1) is 11.3 Å². The van der Waals surface area contributed by atoms with E-state index in [2.05, 4.69) is 10.3 Å². The van der Waals surface area contributed by atoms with E-state index < -0.39 is 29.1 Å². The first-order valence-corrected chi connectivity index (χ1v) is 13.1. The Morgan fingerprint density at radius 2 is 1.69 bits per heavy atom. The van der Waals surface area contributed by atoms with Crippen molar-refractivity contribution >= 4 is 34.7 Å². The molecule has 0 aliphatic rings. The molecule has 0 aliphatic carbocycles. The lowest BCUT2D eigenvalue weighted by Gasteiger charge is -2.29. The number of carbonyl (C=O) groups is 2. The van der Waals surface area contributed by atoms with E-state index in [9.17, 15) is 19.2 Å². The van der Waals surface area contributed by atoms with Gasteiger partial charge in [0.05, 0.1) is 24.6 Å². The molecule has 4 rings (SSSR count). The van der Waals surface area contributed by atoms with Crippen LogP contribution in [0, 0.1) is 0 Å². The van der Waals surface area contributed by atoms with Crippen molar-refractivity contribution in [2.24, 2.45) is 0 Å². The fraction of sp³-hybridized carbons (Fsp3) is 0.214. The van der Waals surface area contributed by atoms with Crippen LogP contribution in [-0.4, -0.2) is 41.1 Å². The smallest absolute Gasteiger partial charge is 0.330 e. The van der Waals surface area contributed by atoms with E-state index in [-0.39, 0.29) is 37.6 Å². The number of aromatic nitrogens is 2. The molecule has 0 saturated carbocycles. The van der Waals surface area contributed by atoms with Crippen molar-refractivity contribution in [3.05, 3.63) is 115 Å². The number of nitrogens with two attached hydrogens (primary N) is 1. The Morgan fingerprint density at radius 3 is 2.31 bits per heavy atom. The zero-order valence-corrected chi connectivity index (χ0v) is 22.1. The van der Waals surface area contributed by atoms with Crippen LogP contribution in [-0.2, 0) is 29.0 Å². The van der Waals surface area contributed by atoms with Crippen molar-refractivity contribution in [2.75, 3.05) is 24.4 Å². The highest BCUT2D eigenvalue weighted by Gasteiger charge is 2.31. The van der Waals surface area contributed by atoms with Gasteiger partial charge in [0.1, 0.15) is 11.9 Å². The molecule has 1 atom stereocenters. The fourth-order valence-electron chi connectivity index (χ4n) is 4.15. The first kappa shape index (κ1) is 27.6. The van der Waals surface area contributed by atoms with Crippen LogP contribution in [0.25, 0.3) is 0 Å². The van der Waals surface area contributed by atoms with Crippen LogP contribution >= 0.6 is 11.3 Å². The second kappa shape index (κ2) is 12.9. The number of hydrogen-bond acceptors (Lipinski definition) is 7. The molecule has 2 aromatic carbocycles. The third kappa shape index (κ3) is 6.70. The van der Waals surface area contributed by atoms with Gasteiger partial charge in [0.15, 0.2) is 5.69 Å². The average Bonchev–Trinajstić information content (AvgIpc) is 3.48. The topological polar surface area (TPSA) is 140 Å². The molecule has 0 bridgehead atoms. The van der Waals surface area contributed by atoms with Gasteiger partial charge in [-0.25, -0.2) is 4.79 Å². The molecule has 4 aromatic rings. The number of H-pyrrole nitrogens is 1. The van der Waals surface area contributed by atoms with Gasteiger partial charge < -0.3 is 15.8 Å². The maximum absolute atomic E-state index is 14.3. The largest absolute Gasteiger partial charge is 0.383 e. The molecule has 2 aromatic heterocycles. The predicted octanol–water partition coefficient (Wildman–Crippen LogP) is 2.40. The van der Waals surface area contributed by atoms with Crippen LogP contribution in [0.1, 0.15) is 20.8 Å². The summed E-state index contributed by atoms with van der Waals surface area (Å²) in [6, 6.07) is 20.7. The highest BCUT2D eigenvalue weighted by atomic mass is 32.1. The summed E-state index contributed by atoms with van der Waals surface area (Å²) in [4.78, 5) is 57.0. The highest BCUT2D eigenvalue weighted by Crippen LogP contribution is 2.22. The molecule has 0 aliphatic heterocycles. The molecule has 0 radical (unpaired) electrons. The van der Waals surface area contributed by atoms with E-state index >= 15 is 0 Å². The molecular weight excluding hydrogens is 518 g/mol. The minimum absolute atomic E-state index is 0.0183. The number of carbonyl (C=O) groups excluding carboxylic acids is 2. The monoisotopic (exact) mass is 547 g/mol. The minimum atomic E-state index is -1.04. The van der Waals surface area contributed by atoms with Gasteiger partial charge in [-0.05, 0) is 22.6 Å². The van der Waals surface area contributed by atoms with Crippen LogP contribution < -0.4 is 27.2 Å². The van der Waals surface area contributed by atoms with Gasteiger partial charge in [-0.2, -0.15) is 0 Å². The molecule has 10 nitrogen and oxygen atoms in total. The summed E-state index contributed by atoms with van der Waals surface area (Å²) in [6.45, 7) is 0.214. The van der Waals surface area contributed by atoms with Crippen LogP contribution in [0.3, 0.4) is 0 Å². The van der Waals surface area contributed by atoms with E-state index in [1.807, 2.05) is 60.7 Å². The maximum Gasteiger partial charge on any atom is 0.330 e. The Labute approximate surface area is 228 Å². The minimum Gasteiger partial charge on any atom is -0.383 e. The Kier molecular flexibility index (Phi) is 9.08. The SMILES string of the molecule is COCCn1c(N)c(N(Cc2ccccc2)C(=O)C(Cc2ccccc2)NC(=O)c2cccs2)c(=O)[nH]c1=O. The summed E-state index contributed by atoms with van der Waals surface area (Å²) in [5, 5.41) is 4.61. The summed E-state index contributed by atoms with van der Waals surface area (Å²) >= 11 is 1.25. The van der Waals surface area contributed by atoms with Gasteiger partial charge in [0, 0.05) is 13.5 Å². The number of methoxy groups -OCH3 is 1. The Balaban J connectivity index is 1.80. The number of anilines is 2. The van der Waals surface area contributed by atoms with Crippen LogP contribution in [0.4, 0.5) is 11.5 Å². The zero-order valence-electron chi connectivity index (χ0n) is 21.3. The van der Waals surface area contributed by atoms with E-state index in [0.29, 0.717) is 4.88 Å². The second-order valence-corrected chi connectivity index (χ2v) is 9.69. The normalized spacial score (nSPS) is 11.6. The molecular formula is C28H29N5O5S. The summed E-state index contributed by atoms with van der Waals surface area (Å²) in [6.07, 6.45) is 0.170. The van der Waals surface area contributed by atoms with E-state index in [0.717, 1.165) is 15.7 Å². The molecule has 11 heteroatoms. The van der Waals surface area contributed by atoms with Crippen molar-refractivity contribution < 1.29 is 14.3 Å². The Morgan fingerprint density at radius 1 is 1.03 bits per heavy atom. The number of nitrogen functional groups attached to an aromatic ring is 1. The highest BCUT2D eigenvalue weighted by molar-refractivity contribution is 7.12. The summed E-state index contributed by atoms with van der Waals surface area (Å²) in [5.41, 5.74) is 6.20. The zero-order chi connectivity index (χ0) is 27.8. The Bertz CT molecular complexity index is 1520. The second-order valence-electron chi connectivity index (χ2n) is 8.74. The van der Waals surface area contributed by atoms with Crippen molar-refractivity contribution in [3.63, 3.8) is 0 Å². The standard InChI is InChI=1S/C28H29N5O5S/c1-38-15-14-32-24(29)23(26(35)31-28(32)37)33(18-20-11-6-3-7-12-20)27(36)21(17-19-9-4-2-5-10-19)30-25(34)22-13-8-16-39-22/h2-13,16,21H,14-15,17-18,29H2,1H3,(H,30,34)(H,31,35,37). The number of rotatable bonds is 11. The average molecular weight is 548 g/mol.